The van der Waals surface area contributed by atoms with Crippen LogP contribution in [0.25, 0.3) is 0 Å². The van der Waals surface area contributed by atoms with Crippen LogP contribution >= 0.6 is 0 Å². The number of hydrogen-bond acceptors (Lipinski definition) is 1. The second kappa shape index (κ2) is 4.45. The van der Waals surface area contributed by atoms with Gasteiger partial charge in [0.1, 0.15) is 5.75 Å². The van der Waals surface area contributed by atoms with Crippen LogP contribution in [0.2, 0.25) is 0 Å². The van der Waals surface area contributed by atoms with E-state index in [2.05, 4.69) is 13.8 Å². The molecule has 0 aromatic heterocycles. The fourth-order valence-electron chi connectivity index (χ4n) is 1.34. The molecule has 0 saturated heterocycles. The largest absolute Gasteiger partial charge is 0.460 e. The van der Waals surface area contributed by atoms with E-state index in [-0.39, 0.29) is 0 Å². The Morgan fingerprint density at radius 1 is 1.21 bits per heavy atom. The van der Waals surface area contributed by atoms with Crippen molar-refractivity contribution in [1.29, 1.82) is 0 Å². The summed E-state index contributed by atoms with van der Waals surface area (Å²) in [4.78, 5) is 0. The van der Waals surface area contributed by atoms with Crippen LogP contribution in [0.4, 0.5) is 4.39 Å². The maximum Gasteiger partial charge on any atom is 0.235 e. The van der Waals surface area contributed by atoms with Gasteiger partial charge in [0.05, 0.1) is 0 Å². The van der Waals surface area contributed by atoms with Crippen molar-refractivity contribution in [2.75, 3.05) is 0 Å². The number of halogens is 1. The highest BCUT2D eigenvalue weighted by Gasteiger charge is 2.06. The summed E-state index contributed by atoms with van der Waals surface area (Å²) in [6.07, 6.45) is -1.25. The second-order valence-corrected chi connectivity index (χ2v) is 3.84. The van der Waals surface area contributed by atoms with Gasteiger partial charge in [-0.2, -0.15) is 0 Å². The first kappa shape index (κ1) is 11.0. The van der Waals surface area contributed by atoms with Crippen molar-refractivity contribution in [3.8, 4) is 5.75 Å². The average molecular weight is 196 g/mol. The molecule has 1 rings (SSSR count). The molecule has 0 radical (unpaired) electrons. The Morgan fingerprint density at radius 3 is 2.29 bits per heavy atom. The van der Waals surface area contributed by atoms with Crippen molar-refractivity contribution in [2.24, 2.45) is 0 Å². The number of hydrogen-bond donors (Lipinski definition) is 0. The Hall–Kier alpha value is -1.05. The first-order chi connectivity index (χ1) is 6.50. The van der Waals surface area contributed by atoms with Crippen LogP contribution in [0.5, 0.6) is 5.75 Å². The maximum atomic E-state index is 12.6. The van der Waals surface area contributed by atoms with Crippen molar-refractivity contribution in [3.63, 3.8) is 0 Å². The van der Waals surface area contributed by atoms with E-state index in [1.54, 1.807) is 0 Å². The minimum absolute atomic E-state index is 0.491. The standard InChI is InChI=1S/C12H17FO/c1-8(2)11-5-6-12(9(3)7-11)14-10(4)13/h5-8,10H,1-4H3. The van der Waals surface area contributed by atoms with Gasteiger partial charge in [-0.15, -0.1) is 0 Å². The lowest BCUT2D eigenvalue weighted by Gasteiger charge is -2.12. The Bertz CT molecular complexity index is 305. The maximum absolute atomic E-state index is 12.6. The molecule has 0 fully saturated rings. The van der Waals surface area contributed by atoms with Gasteiger partial charge in [0.25, 0.3) is 0 Å². The van der Waals surface area contributed by atoms with Crippen LogP contribution in [0.1, 0.15) is 37.8 Å². The van der Waals surface area contributed by atoms with E-state index < -0.39 is 6.36 Å². The number of rotatable bonds is 3. The third-order valence-electron chi connectivity index (χ3n) is 2.16. The quantitative estimate of drug-likeness (QED) is 0.714. The normalized spacial score (nSPS) is 13.0. The molecular formula is C12H17FO. The summed E-state index contributed by atoms with van der Waals surface area (Å²) < 4.78 is 17.6. The molecule has 0 N–H and O–H groups in total. The third kappa shape index (κ3) is 2.72. The Labute approximate surface area is 84.9 Å². The molecule has 0 spiro atoms. The molecule has 1 unspecified atom stereocenters. The predicted octanol–water partition coefficient (Wildman–Crippen LogP) is 3.81. The molecule has 1 aromatic rings. The lowest BCUT2D eigenvalue weighted by atomic mass is 10.0. The number of benzene rings is 1. The zero-order chi connectivity index (χ0) is 10.7. The first-order valence-corrected chi connectivity index (χ1v) is 4.92. The van der Waals surface area contributed by atoms with Gasteiger partial charge in [0.2, 0.25) is 6.36 Å². The van der Waals surface area contributed by atoms with Crippen LogP contribution in [0.15, 0.2) is 18.2 Å². The fourth-order valence-corrected chi connectivity index (χ4v) is 1.34. The van der Waals surface area contributed by atoms with Gasteiger partial charge in [-0.25, -0.2) is 4.39 Å². The van der Waals surface area contributed by atoms with Crippen LogP contribution in [0, 0.1) is 6.92 Å². The van der Waals surface area contributed by atoms with Gasteiger partial charge in [0.15, 0.2) is 0 Å². The van der Waals surface area contributed by atoms with E-state index in [4.69, 9.17) is 4.74 Å². The van der Waals surface area contributed by atoms with Crippen LogP contribution < -0.4 is 4.74 Å². The number of aryl methyl sites for hydroxylation is 1. The summed E-state index contributed by atoms with van der Waals surface area (Å²) in [5.74, 6) is 1.12. The number of ether oxygens (including phenoxy) is 1. The highest BCUT2D eigenvalue weighted by Crippen LogP contribution is 2.24. The molecule has 0 saturated carbocycles. The summed E-state index contributed by atoms with van der Waals surface area (Å²) in [5.41, 5.74) is 2.24. The molecular weight excluding hydrogens is 179 g/mol. The van der Waals surface area contributed by atoms with Gasteiger partial charge >= 0.3 is 0 Å². The van der Waals surface area contributed by atoms with Crippen LogP contribution in [-0.4, -0.2) is 6.36 Å². The molecule has 0 heterocycles. The SMILES string of the molecule is Cc1cc(C(C)C)ccc1OC(C)F. The monoisotopic (exact) mass is 196 g/mol. The fraction of sp³-hybridized carbons (Fsp3) is 0.500. The van der Waals surface area contributed by atoms with Gasteiger partial charge in [-0.05, 0) is 30.0 Å². The summed E-state index contributed by atoms with van der Waals surface area (Å²) in [6, 6.07) is 5.86. The second-order valence-electron chi connectivity index (χ2n) is 3.84. The molecule has 0 aliphatic carbocycles. The molecule has 0 bridgehead atoms. The molecule has 0 aliphatic heterocycles. The summed E-state index contributed by atoms with van der Waals surface area (Å²) >= 11 is 0. The minimum atomic E-state index is -1.25. The van der Waals surface area contributed by atoms with Gasteiger partial charge < -0.3 is 4.74 Å². The summed E-state index contributed by atoms with van der Waals surface area (Å²) in [6.45, 7) is 7.58. The average Bonchev–Trinajstić information content (AvgIpc) is 2.07. The molecule has 14 heavy (non-hydrogen) atoms. The van der Waals surface area contributed by atoms with Gasteiger partial charge in [-0.3, -0.25) is 0 Å². The molecule has 78 valence electrons. The minimum Gasteiger partial charge on any atom is -0.460 e. The first-order valence-electron chi connectivity index (χ1n) is 4.92. The Balaban J connectivity index is 2.90. The van der Waals surface area contributed by atoms with Crippen LogP contribution in [0.3, 0.4) is 0 Å². The highest BCUT2D eigenvalue weighted by molar-refractivity contribution is 5.37. The van der Waals surface area contributed by atoms with Crippen molar-refractivity contribution >= 4 is 0 Å². The molecule has 2 heteroatoms. The van der Waals surface area contributed by atoms with Crippen molar-refractivity contribution in [2.45, 2.75) is 40.0 Å². The van der Waals surface area contributed by atoms with E-state index in [0.29, 0.717) is 11.7 Å². The van der Waals surface area contributed by atoms with E-state index in [1.165, 1.54) is 12.5 Å². The smallest absolute Gasteiger partial charge is 0.235 e. The lowest BCUT2D eigenvalue weighted by molar-refractivity contribution is 0.0852. The van der Waals surface area contributed by atoms with Crippen molar-refractivity contribution in [1.82, 2.24) is 0 Å². The molecule has 1 aromatic carbocycles. The molecule has 0 aliphatic rings. The Morgan fingerprint density at radius 2 is 1.86 bits per heavy atom. The van der Waals surface area contributed by atoms with Gasteiger partial charge in [0, 0.05) is 6.92 Å². The van der Waals surface area contributed by atoms with Crippen molar-refractivity contribution in [3.05, 3.63) is 29.3 Å². The molecule has 1 nitrogen and oxygen atoms in total. The number of alkyl halides is 1. The summed E-state index contributed by atoms with van der Waals surface area (Å²) in [5, 5.41) is 0. The highest BCUT2D eigenvalue weighted by atomic mass is 19.1. The molecule has 0 amide bonds. The zero-order valence-corrected chi connectivity index (χ0v) is 9.17. The van der Waals surface area contributed by atoms with E-state index in [1.807, 2.05) is 25.1 Å². The lowest BCUT2D eigenvalue weighted by Crippen LogP contribution is -2.05. The Kier molecular flexibility index (Phi) is 3.50. The van der Waals surface area contributed by atoms with E-state index in [9.17, 15) is 4.39 Å². The third-order valence-corrected chi connectivity index (χ3v) is 2.16. The zero-order valence-electron chi connectivity index (χ0n) is 9.17. The van der Waals surface area contributed by atoms with Crippen LogP contribution in [-0.2, 0) is 0 Å². The van der Waals surface area contributed by atoms with Gasteiger partial charge in [-0.1, -0.05) is 26.0 Å². The predicted molar refractivity (Wildman–Crippen MR) is 56.5 cm³/mol. The van der Waals surface area contributed by atoms with E-state index >= 15 is 0 Å². The van der Waals surface area contributed by atoms with E-state index in [0.717, 1.165) is 5.56 Å². The topological polar surface area (TPSA) is 9.23 Å². The van der Waals surface area contributed by atoms with Crippen molar-refractivity contribution < 1.29 is 9.13 Å². The summed E-state index contributed by atoms with van der Waals surface area (Å²) in [7, 11) is 0. The molecule has 1 atom stereocenters.